The number of alkyl halides is 1. The third kappa shape index (κ3) is 4.59. The molecule has 1 saturated carbocycles. The molecule has 33 heavy (non-hydrogen) atoms. The van der Waals surface area contributed by atoms with Gasteiger partial charge in [0.25, 0.3) is 0 Å². The van der Waals surface area contributed by atoms with E-state index in [0.717, 1.165) is 12.8 Å². The smallest absolute Gasteiger partial charge is 0.153 e. The molecule has 3 fully saturated rings. The van der Waals surface area contributed by atoms with E-state index < -0.39 is 12.3 Å². The van der Waals surface area contributed by atoms with Crippen molar-refractivity contribution in [3.05, 3.63) is 39.6 Å². The molecule has 2 aromatic rings. The van der Waals surface area contributed by atoms with Gasteiger partial charge in [-0.25, -0.2) is 9.07 Å². The summed E-state index contributed by atoms with van der Waals surface area (Å²) in [5.41, 5.74) is 2.55. The molecule has 3 heterocycles. The molecular formula is C23H26Cl2FN5O2. The molecule has 3 aliphatic rings. The molecule has 0 amide bonds. The highest BCUT2D eigenvalue weighted by molar-refractivity contribution is 6.32. The first-order valence-electron chi connectivity index (χ1n) is 11.2. The Labute approximate surface area is 201 Å². The van der Waals surface area contributed by atoms with Gasteiger partial charge in [-0.1, -0.05) is 23.2 Å². The first-order valence-corrected chi connectivity index (χ1v) is 11.9. The van der Waals surface area contributed by atoms with Crippen LogP contribution < -0.4 is 0 Å². The number of aromatic nitrogens is 2. The largest absolute Gasteiger partial charge is 0.389 e. The maximum atomic E-state index is 15.2. The quantitative estimate of drug-likeness (QED) is 0.601. The second-order valence-corrected chi connectivity index (χ2v) is 9.69. The van der Waals surface area contributed by atoms with Crippen LogP contribution in [0.25, 0.3) is 0 Å². The van der Waals surface area contributed by atoms with E-state index in [0.29, 0.717) is 64.9 Å². The Morgan fingerprint density at radius 1 is 1.21 bits per heavy atom. The van der Waals surface area contributed by atoms with E-state index in [9.17, 15) is 5.11 Å². The predicted molar refractivity (Wildman–Crippen MR) is 128 cm³/mol. The van der Waals surface area contributed by atoms with Gasteiger partial charge in [0.05, 0.1) is 43.3 Å². The lowest BCUT2D eigenvalue weighted by atomic mass is 9.86. The number of aliphatic hydroxyl groups excluding tert-OH is 1. The molecule has 10 heteroatoms. The SMILES string of the molecule is C=Nc1cc(C2CCN(C3COCC3O)CC2F)c(Cl)cc1C=Nc1cnn(C2CC2)c1Cl. The van der Waals surface area contributed by atoms with Crippen molar-refractivity contribution in [2.45, 2.75) is 49.5 Å². The highest BCUT2D eigenvalue weighted by Gasteiger charge is 2.39. The summed E-state index contributed by atoms with van der Waals surface area (Å²) in [5.74, 6) is -0.356. The summed E-state index contributed by atoms with van der Waals surface area (Å²) in [7, 11) is 0. The molecule has 0 radical (unpaired) electrons. The number of hydrogen-bond donors (Lipinski definition) is 1. The van der Waals surface area contributed by atoms with Crippen LogP contribution >= 0.6 is 23.2 Å². The summed E-state index contributed by atoms with van der Waals surface area (Å²) in [6, 6.07) is 3.76. The zero-order valence-corrected chi connectivity index (χ0v) is 19.6. The van der Waals surface area contributed by atoms with Gasteiger partial charge >= 0.3 is 0 Å². The lowest BCUT2D eigenvalue weighted by molar-refractivity contribution is 0.0353. The number of ether oxygens (including phenoxy) is 1. The van der Waals surface area contributed by atoms with Crippen molar-refractivity contribution in [2.75, 3.05) is 26.3 Å². The molecule has 2 saturated heterocycles. The number of likely N-dealkylation sites (tertiary alicyclic amines) is 1. The van der Waals surface area contributed by atoms with Crippen LogP contribution in [0.4, 0.5) is 15.8 Å². The number of hydrogen-bond acceptors (Lipinski definition) is 6. The Morgan fingerprint density at radius 2 is 2.03 bits per heavy atom. The Bertz CT molecular complexity index is 1070. The highest BCUT2D eigenvalue weighted by atomic mass is 35.5. The Hall–Kier alpha value is -1.84. The van der Waals surface area contributed by atoms with Gasteiger partial charge < -0.3 is 9.84 Å². The first-order chi connectivity index (χ1) is 16.0. The average molecular weight is 494 g/mol. The highest BCUT2D eigenvalue weighted by Crippen LogP contribution is 2.40. The van der Waals surface area contributed by atoms with Gasteiger partial charge in [-0.2, -0.15) is 5.10 Å². The van der Waals surface area contributed by atoms with E-state index in [1.165, 1.54) is 0 Å². The van der Waals surface area contributed by atoms with Gasteiger partial charge in [-0.3, -0.25) is 14.9 Å². The third-order valence-electron chi connectivity index (χ3n) is 6.73. The molecule has 0 bridgehead atoms. The fourth-order valence-electron chi connectivity index (χ4n) is 4.72. The molecule has 4 unspecified atom stereocenters. The van der Waals surface area contributed by atoms with E-state index in [2.05, 4.69) is 21.8 Å². The van der Waals surface area contributed by atoms with Crippen molar-refractivity contribution in [1.29, 1.82) is 0 Å². The van der Waals surface area contributed by atoms with E-state index in [4.69, 9.17) is 27.9 Å². The maximum absolute atomic E-state index is 15.2. The minimum absolute atomic E-state index is 0.153. The minimum atomic E-state index is -1.12. The number of piperidine rings is 1. The predicted octanol–water partition coefficient (Wildman–Crippen LogP) is 4.49. The molecule has 1 N–H and O–H groups in total. The molecule has 5 rings (SSSR count). The zero-order valence-electron chi connectivity index (χ0n) is 18.1. The molecule has 7 nitrogen and oxygen atoms in total. The number of nitrogens with zero attached hydrogens (tertiary/aromatic N) is 5. The number of halogens is 3. The monoisotopic (exact) mass is 493 g/mol. The van der Waals surface area contributed by atoms with Gasteiger partial charge in [0.15, 0.2) is 5.15 Å². The van der Waals surface area contributed by atoms with Crippen molar-refractivity contribution >= 4 is 47.5 Å². The van der Waals surface area contributed by atoms with Crippen LogP contribution in [-0.2, 0) is 4.74 Å². The lowest BCUT2D eigenvalue weighted by Gasteiger charge is -2.39. The summed E-state index contributed by atoms with van der Waals surface area (Å²) in [6.45, 7) is 5.30. The molecule has 2 aliphatic heterocycles. The van der Waals surface area contributed by atoms with Gasteiger partial charge in [0.1, 0.15) is 11.9 Å². The second-order valence-electron chi connectivity index (χ2n) is 8.92. The van der Waals surface area contributed by atoms with Crippen molar-refractivity contribution in [3.63, 3.8) is 0 Å². The van der Waals surface area contributed by atoms with Gasteiger partial charge in [0.2, 0.25) is 0 Å². The lowest BCUT2D eigenvalue weighted by Crippen LogP contribution is -2.50. The van der Waals surface area contributed by atoms with Crippen LogP contribution in [0.1, 0.15) is 42.3 Å². The first kappa shape index (κ1) is 22.9. The van der Waals surface area contributed by atoms with Gasteiger partial charge in [-0.15, -0.1) is 0 Å². The van der Waals surface area contributed by atoms with Crippen LogP contribution in [0.2, 0.25) is 10.2 Å². The Kier molecular flexibility index (Phi) is 6.55. The molecule has 176 valence electrons. The van der Waals surface area contributed by atoms with E-state index >= 15 is 4.39 Å². The molecule has 1 aromatic heterocycles. The van der Waals surface area contributed by atoms with E-state index in [1.807, 2.05) is 4.90 Å². The zero-order chi connectivity index (χ0) is 23.1. The fourth-order valence-corrected chi connectivity index (χ4v) is 5.31. The fraction of sp³-hybridized carbons (Fsp3) is 0.522. The normalized spacial score (nSPS) is 28.6. The maximum Gasteiger partial charge on any atom is 0.153 e. The van der Waals surface area contributed by atoms with Crippen molar-refractivity contribution in [1.82, 2.24) is 14.7 Å². The van der Waals surface area contributed by atoms with Gasteiger partial charge in [0, 0.05) is 29.3 Å². The standard InChI is InChI=1S/C23H26Cl2FN5O2/c1-27-19-7-16(15-4-5-30(10-18(15)26)21-11-33-12-22(21)32)17(24)6-13(19)8-28-20-9-29-31(23(20)25)14-2-3-14/h6-9,14-15,18,21-22,32H,1-5,10-12H2. The molecule has 4 atom stereocenters. The summed E-state index contributed by atoms with van der Waals surface area (Å²) in [6.07, 6.45) is 4.33. The molecule has 1 aromatic carbocycles. The number of rotatable bonds is 6. The summed E-state index contributed by atoms with van der Waals surface area (Å²) < 4.78 is 22.4. The molecular weight excluding hydrogens is 468 g/mol. The summed E-state index contributed by atoms with van der Waals surface area (Å²) in [4.78, 5) is 10.6. The summed E-state index contributed by atoms with van der Waals surface area (Å²) >= 11 is 13.0. The molecule has 1 aliphatic carbocycles. The van der Waals surface area contributed by atoms with Crippen molar-refractivity contribution < 1.29 is 14.2 Å². The number of aliphatic imine (C=N–C) groups is 2. The topological polar surface area (TPSA) is 75.2 Å². The molecule has 0 spiro atoms. The third-order valence-corrected chi connectivity index (χ3v) is 7.43. The summed E-state index contributed by atoms with van der Waals surface area (Å²) in [5, 5.41) is 15.4. The minimum Gasteiger partial charge on any atom is -0.389 e. The van der Waals surface area contributed by atoms with Crippen molar-refractivity contribution in [3.8, 4) is 0 Å². The van der Waals surface area contributed by atoms with Crippen LogP contribution in [-0.4, -0.2) is 77.3 Å². The van der Waals surface area contributed by atoms with E-state index in [1.54, 1.807) is 29.2 Å². The van der Waals surface area contributed by atoms with Crippen LogP contribution in [0.3, 0.4) is 0 Å². The van der Waals surface area contributed by atoms with Crippen LogP contribution in [0.15, 0.2) is 28.3 Å². The van der Waals surface area contributed by atoms with Gasteiger partial charge in [-0.05, 0) is 50.2 Å². The Balaban J connectivity index is 1.34. The van der Waals surface area contributed by atoms with Crippen LogP contribution in [0.5, 0.6) is 0 Å². The average Bonchev–Trinajstić information content (AvgIpc) is 3.45. The Morgan fingerprint density at radius 3 is 2.70 bits per heavy atom. The second kappa shape index (κ2) is 9.43. The van der Waals surface area contributed by atoms with Crippen LogP contribution in [0, 0.1) is 0 Å². The number of aliphatic hydroxyl groups is 1. The van der Waals surface area contributed by atoms with Crippen molar-refractivity contribution in [2.24, 2.45) is 9.98 Å². The number of benzene rings is 1. The van der Waals surface area contributed by atoms with E-state index in [-0.39, 0.29) is 18.5 Å².